The number of amides is 2. The fourth-order valence-corrected chi connectivity index (χ4v) is 4.85. The lowest BCUT2D eigenvalue weighted by Gasteiger charge is -2.27. The van der Waals surface area contributed by atoms with Crippen LogP contribution in [0.3, 0.4) is 0 Å². The van der Waals surface area contributed by atoms with E-state index in [-0.39, 0.29) is 23.8 Å². The number of nitrogens with one attached hydrogen (secondary N) is 1. The standard InChI is InChI=1S/C16H26N2O2S/c1-2-21-14-7-3-5-12(14)17-15(19)13-6-4-10-18(13)16(20)11-8-9-11/h11-14H,2-10H2,1H3,(H,17,19). The number of carbonyl (C=O) groups is 2. The van der Waals surface area contributed by atoms with Crippen molar-refractivity contribution in [3.05, 3.63) is 0 Å². The zero-order valence-corrected chi connectivity index (χ0v) is 13.7. The highest BCUT2D eigenvalue weighted by Gasteiger charge is 2.41. The van der Waals surface area contributed by atoms with Crippen LogP contribution in [0.5, 0.6) is 0 Å². The highest BCUT2D eigenvalue weighted by molar-refractivity contribution is 7.99. The van der Waals surface area contributed by atoms with Crippen LogP contribution in [0, 0.1) is 5.92 Å². The van der Waals surface area contributed by atoms with Gasteiger partial charge in [0.05, 0.1) is 0 Å². The van der Waals surface area contributed by atoms with Gasteiger partial charge in [0.25, 0.3) is 0 Å². The molecule has 1 aliphatic heterocycles. The molecule has 3 rings (SSSR count). The van der Waals surface area contributed by atoms with Gasteiger partial charge in [-0.15, -0.1) is 0 Å². The molecule has 0 aromatic heterocycles. The number of rotatable bonds is 5. The molecular formula is C16H26N2O2S. The first kappa shape index (κ1) is 15.2. The van der Waals surface area contributed by atoms with Crippen molar-refractivity contribution >= 4 is 23.6 Å². The van der Waals surface area contributed by atoms with Gasteiger partial charge in [-0.3, -0.25) is 9.59 Å². The van der Waals surface area contributed by atoms with Crippen molar-refractivity contribution in [2.45, 2.75) is 69.2 Å². The minimum absolute atomic E-state index is 0.0927. The third kappa shape index (κ3) is 3.38. The molecular weight excluding hydrogens is 284 g/mol. The number of nitrogens with zero attached hydrogens (tertiary/aromatic N) is 1. The summed E-state index contributed by atoms with van der Waals surface area (Å²) in [5, 5.41) is 3.81. The van der Waals surface area contributed by atoms with E-state index in [1.165, 1.54) is 12.8 Å². The smallest absolute Gasteiger partial charge is 0.243 e. The molecule has 3 unspecified atom stereocenters. The maximum atomic E-state index is 12.6. The van der Waals surface area contributed by atoms with E-state index in [9.17, 15) is 9.59 Å². The monoisotopic (exact) mass is 310 g/mol. The molecule has 0 aromatic rings. The van der Waals surface area contributed by atoms with Gasteiger partial charge in [0.15, 0.2) is 0 Å². The lowest BCUT2D eigenvalue weighted by atomic mass is 10.1. The molecule has 2 saturated carbocycles. The summed E-state index contributed by atoms with van der Waals surface area (Å²) in [5.41, 5.74) is 0. The minimum atomic E-state index is -0.203. The summed E-state index contributed by atoms with van der Waals surface area (Å²) in [5.74, 6) is 1.63. The molecule has 4 nitrogen and oxygen atoms in total. The van der Waals surface area contributed by atoms with Gasteiger partial charge in [0, 0.05) is 23.8 Å². The van der Waals surface area contributed by atoms with E-state index in [0.717, 1.165) is 44.4 Å². The molecule has 1 N–H and O–H groups in total. The first-order valence-corrected chi connectivity index (χ1v) is 9.48. The Morgan fingerprint density at radius 1 is 1.14 bits per heavy atom. The Morgan fingerprint density at radius 2 is 1.95 bits per heavy atom. The Labute approximate surface area is 131 Å². The number of thioether (sulfide) groups is 1. The number of hydrogen-bond donors (Lipinski definition) is 1. The molecule has 2 aliphatic carbocycles. The summed E-state index contributed by atoms with van der Waals surface area (Å²) in [6.45, 7) is 2.94. The number of carbonyl (C=O) groups excluding carboxylic acids is 2. The summed E-state index contributed by atoms with van der Waals surface area (Å²) in [6.07, 6.45) is 7.34. The van der Waals surface area contributed by atoms with Crippen LogP contribution in [0.15, 0.2) is 0 Å². The Balaban J connectivity index is 1.57. The Bertz CT molecular complexity index is 411. The Hall–Kier alpha value is -0.710. The van der Waals surface area contributed by atoms with Crippen LogP contribution >= 0.6 is 11.8 Å². The molecule has 3 aliphatic rings. The molecule has 0 radical (unpaired) electrons. The van der Waals surface area contributed by atoms with E-state index < -0.39 is 0 Å². The molecule has 21 heavy (non-hydrogen) atoms. The third-order valence-corrected chi connectivity index (χ3v) is 6.25. The predicted molar refractivity (Wildman–Crippen MR) is 85.2 cm³/mol. The van der Waals surface area contributed by atoms with E-state index in [2.05, 4.69) is 12.2 Å². The Kier molecular flexibility index (Phi) is 4.77. The van der Waals surface area contributed by atoms with Gasteiger partial charge in [-0.1, -0.05) is 13.3 Å². The van der Waals surface area contributed by atoms with Crippen LogP contribution in [0.4, 0.5) is 0 Å². The summed E-state index contributed by atoms with van der Waals surface area (Å²) >= 11 is 1.96. The molecule has 3 fully saturated rings. The highest BCUT2D eigenvalue weighted by Crippen LogP contribution is 2.34. The second kappa shape index (κ2) is 6.59. The molecule has 3 atom stereocenters. The van der Waals surface area contributed by atoms with Gasteiger partial charge in [0.1, 0.15) is 6.04 Å². The van der Waals surface area contributed by atoms with E-state index >= 15 is 0 Å². The van der Waals surface area contributed by atoms with Crippen LogP contribution in [0.25, 0.3) is 0 Å². The second-order valence-corrected chi connectivity index (χ2v) is 8.02. The largest absolute Gasteiger partial charge is 0.350 e. The van der Waals surface area contributed by atoms with Crippen molar-refractivity contribution in [3.63, 3.8) is 0 Å². The molecule has 118 valence electrons. The topological polar surface area (TPSA) is 49.4 Å². The van der Waals surface area contributed by atoms with E-state index in [4.69, 9.17) is 0 Å². The lowest BCUT2D eigenvalue weighted by molar-refractivity contribution is -0.139. The molecule has 1 saturated heterocycles. The number of hydrogen-bond acceptors (Lipinski definition) is 3. The summed E-state index contributed by atoms with van der Waals surface area (Å²) in [4.78, 5) is 26.7. The van der Waals surface area contributed by atoms with Crippen LogP contribution in [-0.2, 0) is 9.59 Å². The van der Waals surface area contributed by atoms with Crippen molar-refractivity contribution in [1.29, 1.82) is 0 Å². The summed E-state index contributed by atoms with van der Waals surface area (Å²) < 4.78 is 0. The van der Waals surface area contributed by atoms with E-state index in [0.29, 0.717) is 11.3 Å². The first-order valence-electron chi connectivity index (χ1n) is 8.43. The molecule has 0 spiro atoms. The minimum Gasteiger partial charge on any atom is -0.350 e. The molecule has 1 heterocycles. The summed E-state index contributed by atoms with van der Waals surface area (Å²) in [6, 6.07) is 0.104. The third-order valence-electron chi connectivity index (χ3n) is 4.93. The fourth-order valence-electron chi connectivity index (χ4n) is 3.65. The molecule has 0 bridgehead atoms. The zero-order chi connectivity index (χ0) is 14.8. The van der Waals surface area contributed by atoms with Gasteiger partial charge in [-0.2, -0.15) is 11.8 Å². The molecule has 0 aromatic carbocycles. The van der Waals surface area contributed by atoms with Crippen molar-refractivity contribution < 1.29 is 9.59 Å². The maximum absolute atomic E-state index is 12.6. The highest BCUT2D eigenvalue weighted by atomic mass is 32.2. The normalized spacial score (nSPS) is 32.4. The average Bonchev–Trinajstić information content (AvgIpc) is 3.04. The van der Waals surface area contributed by atoms with Gasteiger partial charge in [-0.05, 0) is 44.3 Å². The van der Waals surface area contributed by atoms with Gasteiger partial charge >= 0.3 is 0 Å². The quantitative estimate of drug-likeness (QED) is 0.847. The van der Waals surface area contributed by atoms with Gasteiger partial charge in [-0.25, -0.2) is 0 Å². The maximum Gasteiger partial charge on any atom is 0.243 e. The number of likely N-dealkylation sites (tertiary alicyclic amines) is 1. The molecule has 2 amide bonds. The van der Waals surface area contributed by atoms with Crippen molar-refractivity contribution in [3.8, 4) is 0 Å². The SMILES string of the molecule is CCSC1CCCC1NC(=O)C1CCCN1C(=O)C1CC1. The van der Waals surface area contributed by atoms with Crippen molar-refractivity contribution in [1.82, 2.24) is 10.2 Å². The molecule has 5 heteroatoms. The zero-order valence-electron chi connectivity index (χ0n) is 12.8. The first-order chi connectivity index (χ1) is 10.2. The van der Waals surface area contributed by atoms with Crippen molar-refractivity contribution in [2.24, 2.45) is 5.92 Å². The van der Waals surface area contributed by atoms with Crippen LogP contribution in [0.1, 0.15) is 51.9 Å². The van der Waals surface area contributed by atoms with E-state index in [1.807, 2.05) is 16.7 Å². The fraction of sp³-hybridized carbons (Fsp3) is 0.875. The summed E-state index contributed by atoms with van der Waals surface area (Å²) in [7, 11) is 0. The average molecular weight is 310 g/mol. The van der Waals surface area contributed by atoms with Crippen LogP contribution in [-0.4, -0.2) is 46.3 Å². The van der Waals surface area contributed by atoms with Gasteiger partial charge < -0.3 is 10.2 Å². The second-order valence-electron chi connectivity index (χ2n) is 6.50. The van der Waals surface area contributed by atoms with Gasteiger partial charge in [0.2, 0.25) is 11.8 Å². The predicted octanol–water partition coefficient (Wildman–Crippen LogP) is 2.18. The van der Waals surface area contributed by atoms with Crippen LogP contribution in [0.2, 0.25) is 0 Å². The Morgan fingerprint density at radius 3 is 2.67 bits per heavy atom. The lowest BCUT2D eigenvalue weighted by Crippen LogP contribution is -2.50. The van der Waals surface area contributed by atoms with E-state index in [1.54, 1.807) is 0 Å². The van der Waals surface area contributed by atoms with Crippen LogP contribution < -0.4 is 5.32 Å². The van der Waals surface area contributed by atoms with Crippen molar-refractivity contribution in [2.75, 3.05) is 12.3 Å².